The monoisotopic (exact) mass is 601 g/mol. The minimum absolute atomic E-state index is 0. The van der Waals surface area contributed by atoms with E-state index in [1.807, 2.05) is 0 Å². The van der Waals surface area contributed by atoms with Gasteiger partial charge >= 0.3 is 0 Å². The maximum absolute atomic E-state index is 11.1. The molecule has 164 valence electrons. The number of benzene rings is 2. The van der Waals surface area contributed by atoms with E-state index in [4.69, 9.17) is 50.3 Å². The molecule has 0 spiro atoms. The summed E-state index contributed by atoms with van der Waals surface area (Å²) in [6, 6.07) is 9.12. The molecule has 0 unspecified atom stereocenters. The fraction of sp³-hybridized carbons (Fsp3) is 0.125. The minimum Gasteiger partial charge on any atom is -0.465 e. The molecule has 14 heteroatoms. The van der Waals surface area contributed by atoms with Crippen molar-refractivity contribution >= 4 is 85.6 Å². The van der Waals surface area contributed by atoms with Crippen LogP contribution in [-0.4, -0.2) is 15.3 Å². The number of thiocarbonyl (C=S) groups is 1. The highest BCUT2D eigenvalue weighted by atomic mass is 79.9. The van der Waals surface area contributed by atoms with Crippen molar-refractivity contribution in [2.75, 3.05) is 0 Å². The molecule has 0 aromatic heterocycles. The average molecular weight is 604 g/mol. The Hall–Kier alpha value is -1.64. The van der Waals surface area contributed by atoms with Crippen molar-refractivity contribution in [2.45, 2.75) is 12.4 Å². The number of halogens is 3. The van der Waals surface area contributed by atoms with Crippen LogP contribution in [0.5, 0.6) is 11.5 Å². The summed E-state index contributed by atoms with van der Waals surface area (Å²) in [6.45, 7) is -0.0921. The summed E-state index contributed by atoms with van der Waals surface area (Å²) in [6.07, 6.45) is 0. The first kappa shape index (κ1) is 28.4. The molecule has 0 aliphatic rings. The highest BCUT2D eigenvalue weighted by Crippen LogP contribution is 2.34. The molecule has 0 radical (unpaired) electrons. The average Bonchev–Trinajstić information content (AvgIpc) is 2.66. The number of nitro groups is 1. The number of hydrogen-bond acceptors (Lipinski definition) is 8. The smallest absolute Gasteiger partial charge is 0.271 e. The Labute approximate surface area is 208 Å². The third-order valence-electron chi connectivity index (χ3n) is 3.36. The van der Waals surface area contributed by atoms with Crippen LogP contribution in [0.1, 0.15) is 11.1 Å². The van der Waals surface area contributed by atoms with Gasteiger partial charge in [0.05, 0.1) is 4.92 Å². The van der Waals surface area contributed by atoms with E-state index in [0.29, 0.717) is 33.4 Å². The third-order valence-corrected chi connectivity index (χ3v) is 4.59. The van der Waals surface area contributed by atoms with Gasteiger partial charge in [-0.3, -0.25) is 20.9 Å². The van der Waals surface area contributed by atoms with Crippen molar-refractivity contribution in [2.24, 2.45) is 11.6 Å². The van der Waals surface area contributed by atoms with E-state index in [2.05, 4.69) is 5.43 Å². The van der Waals surface area contributed by atoms with Crippen molar-refractivity contribution in [1.29, 1.82) is 5.41 Å². The van der Waals surface area contributed by atoms with Gasteiger partial charge in [0.2, 0.25) is 0 Å². The van der Waals surface area contributed by atoms with E-state index >= 15 is 0 Å². The van der Waals surface area contributed by atoms with Crippen LogP contribution in [0.15, 0.2) is 36.4 Å². The number of nitrogens with one attached hydrogen (secondary N) is 2. The van der Waals surface area contributed by atoms with Crippen LogP contribution in [0.25, 0.3) is 0 Å². The Balaban J connectivity index is 0.00000420. The topological polar surface area (TPSA) is 150 Å². The van der Waals surface area contributed by atoms with Crippen molar-refractivity contribution in [3.8, 4) is 11.5 Å². The lowest BCUT2D eigenvalue weighted by Crippen LogP contribution is -2.30. The molecule has 0 atom stereocenters. The van der Waals surface area contributed by atoms with Crippen LogP contribution in [0.2, 0.25) is 5.02 Å². The predicted octanol–water partition coefficient (Wildman–Crippen LogP) is 4.59. The normalized spacial score (nSPS) is 9.53. The Morgan fingerprint density at radius 1 is 1.23 bits per heavy atom. The summed E-state index contributed by atoms with van der Waals surface area (Å²) < 4.78 is 11.2. The SMILES string of the molecule is Br.Br.N=C(N)SCc1cc(Cl)ccc1Oc1ccc([N+](=O)[O-])cc1COC(=S)NN. The van der Waals surface area contributed by atoms with Crippen LogP contribution < -0.4 is 21.7 Å². The first-order chi connectivity index (χ1) is 13.3. The second kappa shape index (κ2) is 13.6. The van der Waals surface area contributed by atoms with E-state index in [9.17, 15) is 10.1 Å². The number of thioether (sulfide) groups is 1. The number of amidine groups is 1. The molecule has 2 aromatic carbocycles. The molecule has 2 rings (SSSR count). The number of nitrogens with zero attached hydrogens (tertiary/aromatic N) is 1. The predicted molar refractivity (Wildman–Crippen MR) is 133 cm³/mol. The van der Waals surface area contributed by atoms with Gasteiger partial charge in [0, 0.05) is 34.0 Å². The van der Waals surface area contributed by atoms with E-state index in [0.717, 1.165) is 11.8 Å². The van der Waals surface area contributed by atoms with Crippen LogP contribution >= 0.6 is 69.5 Å². The maximum atomic E-state index is 11.1. The standard InChI is InChI=1S/C16H16ClN5O4S2.2BrH/c17-11-1-3-14(10(5-11)8-28-15(18)19)26-13-4-2-12(22(23)24)6-9(13)7-25-16(27)21-20;;/h1-6H,7-8,20H2,(H3,18,19)(H,21,27);2*1H. The number of rotatable bonds is 7. The number of nitro benzene ring substituents is 1. The Morgan fingerprint density at radius 3 is 2.47 bits per heavy atom. The fourth-order valence-electron chi connectivity index (χ4n) is 2.11. The number of hydrogen-bond donors (Lipinski definition) is 4. The van der Waals surface area contributed by atoms with Gasteiger partial charge in [-0.15, -0.1) is 34.0 Å². The zero-order valence-corrected chi connectivity index (χ0v) is 20.9. The number of hydrazine groups is 1. The molecular weight excluding hydrogens is 586 g/mol. The molecular formula is C16H18Br2ClN5O4S2. The summed E-state index contributed by atoms with van der Waals surface area (Å²) in [5, 5.41) is 18.8. The molecule has 0 bridgehead atoms. The molecule has 0 fully saturated rings. The first-order valence-corrected chi connectivity index (χ1v) is 9.41. The molecule has 0 amide bonds. The van der Waals surface area contributed by atoms with Gasteiger partial charge in [0.25, 0.3) is 10.9 Å². The molecule has 0 saturated carbocycles. The molecule has 0 aliphatic heterocycles. The minimum atomic E-state index is -0.524. The summed E-state index contributed by atoms with van der Waals surface area (Å²) >= 11 is 12.0. The molecule has 0 saturated heterocycles. The highest BCUT2D eigenvalue weighted by molar-refractivity contribution is 8.93. The summed E-state index contributed by atoms with van der Waals surface area (Å²) in [4.78, 5) is 10.6. The zero-order chi connectivity index (χ0) is 20.7. The molecule has 0 aliphatic carbocycles. The lowest BCUT2D eigenvalue weighted by atomic mass is 10.1. The number of nitrogens with two attached hydrogens (primary N) is 2. The van der Waals surface area contributed by atoms with E-state index in [1.165, 1.54) is 18.2 Å². The summed E-state index contributed by atoms with van der Waals surface area (Å²) in [5.41, 5.74) is 8.54. The Bertz CT molecular complexity index is 923. The fourth-order valence-corrected chi connectivity index (χ4v) is 2.90. The quantitative estimate of drug-likeness (QED) is 0.0890. The number of ether oxygens (including phenoxy) is 2. The van der Waals surface area contributed by atoms with E-state index < -0.39 is 4.92 Å². The van der Waals surface area contributed by atoms with Crippen molar-refractivity contribution in [3.63, 3.8) is 0 Å². The van der Waals surface area contributed by atoms with Gasteiger partial charge in [0.1, 0.15) is 18.1 Å². The highest BCUT2D eigenvalue weighted by Gasteiger charge is 2.15. The summed E-state index contributed by atoms with van der Waals surface area (Å²) in [5.74, 6) is 6.34. The van der Waals surface area contributed by atoms with Gasteiger partial charge in [-0.2, -0.15) is 0 Å². The van der Waals surface area contributed by atoms with Crippen LogP contribution in [-0.2, 0) is 17.1 Å². The van der Waals surface area contributed by atoms with Gasteiger partial charge < -0.3 is 15.2 Å². The molecule has 9 nitrogen and oxygen atoms in total. The molecule has 30 heavy (non-hydrogen) atoms. The van der Waals surface area contributed by atoms with E-state index in [-0.39, 0.29) is 56.6 Å². The van der Waals surface area contributed by atoms with Gasteiger partial charge in [-0.1, -0.05) is 23.4 Å². The first-order valence-electron chi connectivity index (χ1n) is 7.64. The van der Waals surface area contributed by atoms with Crippen molar-refractivity contribution < 1.29 is 14.4 Å². The molecule has 2 aromatic rings. The van der Waals surface area contributed by atoms with Crippen LogP contribution in [0.4, 0.5) is 5.69 Å². The number of non-ortho nitro benzene ring substituents is 1. The Kier molecular flexibility index (Phi) is 12.9. The van der Waals surface area contributed by atoms with Crippen molar-refractivity contribution in [1.82, 2.24) is 5.43 Å². The van der Waals surface area contributed by atoms with Crippen LogP contribution in [0, 0.1) is 15.5 Å². The van der Waals surface area contributed by atoms with Gasteiger partial charge in [0.15, 0.2) is 5.17 Å². The van der Waals surface area contributed by atoms with E-state index in [1.54, 1.807) is 18.2 Å². The third kappa shape index (κ3) is 8.62. The molecule has 0 heterocycles. The maximum Gasteiger partial charge on any atom is 0.271 e. The second-order valence-corrected chi connectivity index (χ2v) is 7.10. The Morgan fingerprint density at radius 2 is 1.87 bits per heavy atom. The van der Waals surface area contributed by atoms with Crippen LogP contribution in [0.3, 0.4) is 0 Å². The lowest BCUT2D eigenvalue weighted by molar-refractivity contribution is -0.385. The zero-order valence-electron chi connectivity index (χ0n) is 15.1. The summed E-state index contributed by atoms with van der Waals surface area (Å²) in [7, 11) is 0. The lowest BCUT2D eigenvalue weighted by Gasteiger charge is -2.15. The van der Waals surface area contributed by atoms with Crippen molar-refractivity contribution in [3.05, 3.63) is 62.7 Å². The molecule has 6 N–H and O–H groups in total. The largest absolute Gasteiger partial charge is 0.465 e. The van der Waals surface area contributed by atoms with Gasteiger partial charge in [-0.25, -0.2) is 5.84 Å². The second-order valence-electron chi connectivity index (χ2n) is 5.28. The van der Waals surface area contributed by atoms with Gasteiger partial charge in [-0.05, 0) is 36.5 Å².